The Labute approximate surface area is 161 Å². The minimum absolute atomic E-state index is 0.00103. The van der Waals surface area contributed by atoms with Gasteiger partial charge in [-0.1, -0.05) is 29.8 Å². The molecule has 0 saturated carbocycles. The van der Waals surface area contributed by atoms with Crippen LogP contribution in [-0.2, 0) is 0 Å². The van der Waals surface area contributed by atoms with Crippen molar-refractivity contribution in [3.63, 3.8) is 0 Å². The molecule has 140 valence electrons. The summed E-state index contributed by atoms with van der Waals surface area (Å²) < 4.78 is 0. The Morgan fingerprint density at radius 2 is 1.67 bits per heavy atom. The molecule has 2 N–H and O–H groups in total. The summed E-state index contributed by atoms with van der Waals surface area (Å²) in [6, 6.07) is 12.9. The minimum atomic E-state index is -1.12. The van der Waals surface area contributed by atoms with E-state index >= 15 is 0 Å². The van der Waals surface area contributed by atoms with E-state index in [4.69, 9.17) is 11.6 Å². The van der Waals surface area contributed by atoms with Gasteiger partial charge in [-0.15, -0.1) is 0 Å². The molecule has 27 heavy (non-hydrogen) atoms. The molecular formula is C20H19ClN2O4. The molecule has 3 rings (SSSR count). The quantitative estimate of drug-likeness (QED) is 0.845. The molecule has 2 amide bonds. The van der Waals surface area contributed by atoms with E-state index in [0.717, 1.165) is 0 Å². The monoisotopic (exact) mass is 386 g/mol. The Kier molecular flexibility index (Phi) is 5.76. The number of benzene rings is 2. The fraction of sp³-hybridized carbons (Fsp3) is 0.250. The van der Waals surface area contributed by atoms with Crippen LogP contribution in [0.1, 0.15) is 43.9 Å². The average Bonchev–Trinajstić information content (AvgIpc) is 2.68. The highest BCUT2D eigenvalue weighted by molar-refractivity contribution is 6.30. The van der Waals surface area contributed by atoms with Gasteiger partial charge < -0.3 is 15.3 Å². The fourth-order valence-electron chi connectivity index (χ4n) is 3.15. The van der Waals surface area contributed by atoms with Crippen LogP contribution in [-0.4, -0.2) is 46.9 Å². The maximum atomic E-state index is 12.7. The van der Waals surface area contributed by atoms with Gasteiger partial charge in [0.2, 0.25) is 0 Å². The number of carboxylic acids is 1. The van der Waals surface area contributed by atoms with Gasteiger partial charge in [-0.2, -0.15) is 0 Å². The number of aromatic carboxylic acids is 1. The van der Waals surface area contributed by atoms with Crippen molar-refractivity contribution in [2.75, 3.05) is 13.1 Å². The molecule has 0 bridgehead atoms. The summed E-state index contributed by atoms with van der Waals surface area (Å²) in [6.07, 6.45) is 1.21. The van der Waals surface area contributed by atoms with Gasteiger partial charge in [0.1, 0.15) is 0 Å². The van der Waals surface area contributed by atoms with Crippen LogP contribution in [0.15, 0.2) is 48.5 Å². The Morgan fingerprint density at radius 3 is 2.30 bits per heavy atom. The van der Waals surface area contributed by atoms with Crippen molar-refractivity contribution in [1.29, 1.82) is 0 Å². The SMILES string of the molecule is O=C(NC1CCN(C(=O)c2ccccc2C(=O)O)CC1)c1cccc(Cl)c1. The summed E-state index contributed by atoms with van der Waals surface area (Å²) in [7, 11) is 0. The molecular weight excluding hydrogens is 368 g/mol. The summed E-state index contributed by atoms with van der Waals surface area (Å²) in [5, 5.41) is 12.7. The Hall–Kier alpha value is -2.86. The number of carbonyl (C=O) groups is 3. The van der Waals surface area contributed by atoms with Gasteiger partial charge in [-0.3, -0.25) is 9.59 Å². The van der Waals surface area contributed by atoms with Gasteiger partial charge in [-0.25, -0.2) is 4.79 Å². The highest BCUT2D eigenvalue weighted by Crippen LogP contribution is 2.18. The number of hydrogen-bond acceptors (Lipinski definition) is 3. The first-order valence-electron chi connectivity index (χ1n) is 8.63. The number of carboxylic acid groups (broad SMARTS) is 1. The van der Waals surface area contributed by atoms with Gasteiger partial charge in [-0.05, 0) is 43.2 Å². The van der Waals surface area contributed by atoms with Gasteiger partial charge in [0, 0.05) is 29.7 Å². The third kappa shape index (κ3) is 4.46. The lowest BCUT2D eigenvalue weighted by Crippen LogP contribution is -2.46. The van der Waals surface area contributed by atoms with Crippen LogP contribution in [0.5, 0.6) is 0 Å². The highest BCUT2D eigenvalue weighted by atomic mass is 35.5. The predicted octanol–water partition coefficient (Wildman–Crippen LogP) is 3.07. The number of nitrogens with zero attached hydrogens (tertiary/aromatic N) is 1. The lowest BCUT2D eigenvalue weighted by atomic mass is 10.0. The average molecular weight is 387 g/mol. The molecule has 0 radical (unpaired) electrons. The smallest absolute Gasteiger partial charge is 0.336 e. The fourth-order valence-corrected chi connectivity index (χ4v) is 3.34. The van der Waals surface area contributed by atoms with Crippen molar-refractivity contribution in [2.24, 2.45) is 0 Å². The summed E-state index contributed by atoms with van der Waals surface area (Å²) in [5.74, 6) is -1.62. The number of piperidine rings is 1. The van der Waals surface area contributed by atoms with E-state index in [9.17, 15) is 19.5 Å². The lowest BCUT2D eigenvalue weighted by molar-refractivity contribution is 0.0654. The summed E-state index contributed by atoms with van der Waals surface area (Å²) in [6.45, 7) is 0.903. The molecule has 0 atom stereocenters. The van der Waals surface area contributed by atoms with Crippen LogP contribution in [0.3, 0.4) is 0 Å². The molecule has 0 unspecified atom stereocenters. The van der Waals surface area contributed by atoms with Crippen molar-refractivity contribution in [1.82, 2.24) is 10.2 Å². The maximum Gasteiger partial charge on any atom is 0.336 e. The molecule has 1 saturated heterocycles. The van der Waals surface area contributed by atoms with Crippen molar-refractivity contribution in [3.8, 4) is 0 Å². The molecule has 7 heteroatoms. The zero-order valence-electron chi connectivity index (χ0n) is 14.5. The van der Waals surface area contributed by atoms with E-state index in [1.165, 1.54) is 12.1 Å². The van der Waals surface area contributed by atoms with Gasteiger partial charge in [0.05, 0.1) is 11.1 Å². The van der Waals surface area contributed by atoms with Crippen LogP contribution < -0.4 is 5.32 Å². The van der Waals surface area contributed by atoms with Crippen molar-refractivity contribution < 1.29 is 19.5 Å². The molecule has 1 fully saturated rings. The number of amides is 2. The molecule has 0 aromatic heterocycles. The molecule has 2 aromatic carbocycles. The number of likely N-dealkylation sites (tertiary alicyclic amines) is 1. The number of rotatable bonds is 4. The first-order valence-corrected chi connectivity index (χ1v) is 9.01. The Bertz CT molecular complexity index is 876. The first-order chi connectivity index (χ1) is 13.0. The maximum absolute atomic E-state index is 12.7. The van der Waals surface area contributed by atoms with E-state index in [1.54, 1.807) is 41.3 Å². The van der Waals surface area contributed by atoms with E-state index in [-0.39, 0.29) is 29.0 Å². The second-order valence-electron chi connectivity index (χ2n) is 6.40. The second-order valence-corrected chi connectivity index (χ2v) is 6.84. The van der Waals surface area contributed by atoms with Crippen molar-refractivity contribution in [2.45, 2.75) is 18.9 Å². The van der Waals surface area contributed by atoms with Crippen LogP contribution in [0.4, 0.5) is 0 Å². The Balaban J connectivity index is 1.60. The summed E-state index contributed by atoms with van der Waals surface area (Å²) in [4.78, 5) is 37.9. The van der Waals surface area contributed by atoms with Crippen LogP contribution in [0.2, 0.25) is 5.02 Å². The number of carbonyl (C=O) groups excluding carboxylic acids is 2. The third-order valence-corrected chi connectivity index (χ3v) is 4.83. The number of hydrogen-bond donors (Lipinski definition) is 2. The van der Waals surface area contributed by atoms with E-state index in [2.05, 4.69) is 5.32 Å². The van der Waals surface area contributed by atoms with E-state index in [1.807, 2.05) is 0 Å². The lowest BCUT2D eigenvalue weighted by Gasteiger charge is -2.32. The third-order valence-electron chi connectivity index (χ3n) is 4.59. The van der Waals surface area contributed by atoms with Gasteiger partial charge in [0.15, 0.2) is 0 Å². The Morgan fingerprint density at radius 1 is 1.00 bits per heavy atom. The van der Waals surface area contributed by atoms with Gasteiger partial charge in [0.25, 0.3) is 11.8 Å². The molecule has 0 aliphatic carbocycles. The van der Waals surface area contributed by atoms with E-state index in [0.29, 0.717) is 36.5 Å². The highest BCUT2D eigenvalue weighted by Gasteiger charge is 2.27. The minimum Gasteiger partial charge on any atom is -0.478 e. The van der Waals surface area contributed by atoms with Crippen molar-refractivity contribution >= 4 is 29.4 Å². The zero-order valence-corrected chi connectivity index (χ0v) is 15.3. The number of halogens is 1. The standard InChI is InChI=1S/C20H19ClN2O4/c21-14-5-3-4-13(12-14)18(24)22-15-8-10-23(11-9-15)19(25)16-6-1-2-7-17(16)20(26)27/h1-7,12,15H,8-11H2,(H,22,24)(H,26,27). The van der Waals surface area contributed by atoms with Crippen LogP contribution in [0, 0.1) is 0 Å². The molecule has 1 aliphatic heterocycles. The van der Waals surface area contributed by atoms with Crippen LogP contribution in [0.25, 0.3) is 0 Å². The van der Waals surface area contributed by atoms with Gasteiger partial charge >= 0.3 is 5.97 Å². The number of nitrogens with one attached hydrogen (secondary N) is 1. The summed E-state index contributed by atoms with van der Waals surface area (Å²) >= 11 is 5.91. The normalized spacial score (nSPS) is 14.6. The zero-order chi connectivity index (χ0) is 19.4. The molecule has 1 heterocycles. The summed E-state index contributed by atoms with van der Waals surface area (Å²) in [5.41, 5.74) is 0.682. The second kappa shape index (κ2) is 8.22. The predicted molar refractivity (Wildman–Crippen MR) is 101 cm³/mol. The molecule has 6 nitrogen and oxygen atoms in total. The first kappa shape index (κ1) is 18.9. The molecule has 2 aromatic rings. The van der Waals surface area contributed by atoms with Crippen molar-refractivity contribution in [3.05, 3.63) is 70.2 Å². The molecule has 0 spiro atoms. The topological polar surface area (TPSA) is 86.7 Å². The van der Waals surface area contributed by atoms with Crippen LogP contribution >= 0.6 is 11.6 Å². The largest absolute Gasteiger partial charge is 0.478 e. The van der Waals surface area contributed by atoms with E-state index < -0.39 is 5.97 Å². The molecule has 1 aliphatic rings.